The predicted molar refractivity (Wildman–Crippen MR) is 77.2 cm³/mol. The van der Waals surface area contributed by atoms with Gasteiger partial charge in [0.15, 0.2) is 5.82 Å². The van der Waals surface area contributed by atoms with Gasteiger partial charge in [-0.3, -0.25) is 0 Å². The van der Waals surface area contributed by atoms with E-state index in [1.54, 1.807) is 0 Å². The Bertz CT molecular complexity index is 595. The van der Waals surface area contributed by atoms with Crippen LogP contribution in [0.15, 0.2) is 22.7 Å². The Labute approximate surface area is 123 Å². The third-order valence-corrected chi connectivity index (χ3v) is 4.28. The molecule has 4 nitrogen and oxygen atoms in total. The van der Waals surface area contributed by atoms with Crippen molar-refractivity contribution in [2.24, 2.45) is 5.73 Å². The zero-order valence-electron chi connectivity index (χ0n) is 9.49. The topological polar surface area (TPSA) is 64.9 Å². The Morgan fingerprint density at radius 1 is 1.39 bits per heavy atom. The lowest BCUT2D eigenvalue weighted by molar-refractivity contribution is 0.229. The molecule has 2 aromatic rings. The van der Waals surface area contributed by atoms with E-state index in [1.165, 1.54) is 0 Å². The summed E-state index contributed by atoms with van der Waals surface area (Å²) < 4.78 is 6.35. The Hall–Kier alpha value is -0.660. The molecular weight excluding hydrogens is 365 g/mol. The second-order valence-corrected chi connectivity index (χ2v) is 6.21. The molecular formula is C12H11ClIN3O. The van der Waals surface area contributed by atoms with Gasteiger partial charge >= 0.3 is 0 Å². The zero-order chi connectivity index (χ0) is 12.8. The van der Waals surface area contributed by atoms with Gasteiger partial charge < -0.3 is 10.3 Å². The second-order valence-electron chi connectivity index (χ2n) is 4.56. The van der Waals surface area contributed by atoms with E-state index in [1.807, 2.05) is 18.2 Å². The largest absolute Gasteiger partial charge is 0.334 e. The highest BCUT2D eigenvalue weighted by molar-refractivity contribution is 14.1. The molecule has 0 aliphatic heterocycles. The maximum absolute atomic E-state index is 6.16. The maximum Gasteiger partial charge on any atom is 0.259 e. The summed E-state index contributed by atoms with van der Waals surface area (Å²) in [6, 6.07) is 5.67. The molecule has 0 atom stereocenters. The molecule has 1 heterocycles. The van der Waals surface area contributed by atoms with Crippen molar-refractivity contribution in [3.05, 3.63) is 32.6 Å². The number of nitrogens with zero attached hydrogens (tertiary/aromatic N) is 2. The van der Waals surface area contributed by atoms with Gasteiger partial charge in [-0.25, -0.2) is 0 Å². The molecule has 18 heavy (non-hydrogen) atoms. The first-order chi connectivity index (χ1) is 8.58. The van der Waals surface area contributed by atoms with Gasteiger partial charge in [0.2, 0.25) is 0 Å². The molecule has 0 amide bonds. The van der Waals surface area contributed by atoms with Crippen LogP contribution in [0.3, 0.4) is 0 Å². The summed E-state index contributed by atoms with van der Waals surface area (Å²) >= 11 is 8.36. The van der Waals surface area contributed by atoms with Crippen LogP contribution in [0.2, 0.25) is 5.02 Å². The van der Waals surface area contributed by atoms with Crippen molar-refractivity contribution in [1.29, 1.82) is 0 Å². The number of hydrogen-bond acceptors (Lipinski definition) is 4. The Morgan fingerprint density at radius 2 is 2.17 bits per heavy atom. The summed E-state index contributed by atoms with van der Waals surface area (Å²) in [4.78, 5) is 4.39. The van der Waals surface area contributed by atoms with Crippen molar-refractivity contribution < 1.29 is 4.52 Å². The normalized spacial score (nSPS) is 17.5. The molecule has 0 bridgehead atoms. The van der Waals surface area contributed by atoms with Crippen LogP contribution < -0.4 is 5.73 Å². The van der Waals surface area contributed by atoms with Crippen molar-refractivity contribution in [2.75, 3.05) is 0 Å². The highest BCUT2D eigenvalue weighted by Gasteiger charge is 2.39. The van der Waals surface area contributed by atoms with E-state index in [-0.39, 0.29) is 0 Å². The lowest BCUT2D eigenvalue weighted by atomic mass is 9.77. The smallest absolute Gasteiger partial charge is 0.259 e. The Morgan fingerprint density at radius 3 is 2.83 bits per heavy atom. The van der Waals surface area contributed by atoms with Crippen LogP contribution in [0.1, 0.15) is 25.1 Å². The summed E-state index contributed by atoms with van der Waals surface area (Å²) in [5, 5.41) is 4.59. The quantitative estimate of drug-likeness (QED) is 0.818. The molecule has 0 unspecified atom stereocenters. The van der Waals surface area contributed by atoms with E-state index in [9.17, 15) is 0 Å². The van der Waals surface area contributed by atoms with E-state index in [0.29, 0.717) is 16.7 Å². The summed E-state index contributed by atoms with van der Waals surface area (Å²) in [6.45, 7) is 0. The predicted octanol–water partition coefficient (Wildman–Crippen LogP) is 3.33. The van der Waals surface area contributed by atoms with Crippen LogP contribution in [-0.2, 0) is 5.54 Å². The van der Waals surface area contributed by atoms with Crippen molar-refractivity contribution in [3.63, 3.8) is 0 Å². The fourth-order valence-corrected chi connectivity index (χ4v) is 2.67. The van der Waals surface area contributed by atoms with Crippen LogP contribution >= 0.6 is 34.2 Å². The van der Waals surface area contributed by atoms with Crippen LogP contribution in [0.5, 0.6) is 0 Å². The maximum atomic E-state index is 6.16. The number of benzene rings is 1. The summed E-state index contributed by atoms with van der Waals surface area (Å²) in [5.41, 5.74) is 6.51. The minimum Gasteiger partial charge on any atom is -0.334 e. The van der Waals surface area contributed by atoms with Gasteiger partial charge in [-0.05, 0) is 60.1 Å². The van der Waals surface area contributed by atoms with Crippen molar-refractivity contribution in [3.8, 4) is 11.5 Å². The molecule has 0 radical (unpaired) electrons. The lowest BCUT2D eigenvalue weighted by Gasteiger charge is -2.34. The van der Waals surface area contributed by atoms with Crippen LogP contribution in [0.4, 0.5) is 0 Å². The minimum atomic E-state index is -0.407. The first-order valence-electron chi connectivity index (χ1n) is 5.67. The van der Waals surface area contributed by atoms with E-state index in [0.717, 1.165) is 28.4 Å². The van der Waals surface area contributed by atoms with Crippen molar-refractivity contribution in [2.45, 2.75) is 24.8 Å². The minimum absolute atomic E-state index is 0.407. The standard InChI is InChI=1S/C12H11ClIN3O/c13-9-3-2-7(14)6-8(9)10-16-11(17-18-10)12(15)4-1-5-12/h2-3,6H,1,4-5,15H2. The molecule has 1 fully saturated rings. The number of rotatable bonds is 2. The fraction of sp³-hybridized carbons (Fsp3) is 0.333. The molecule has 1 aromatic carbocycles. The molecule has 0 saturated heterocycles. The monoisotopic (exact) mass is 375 g/mol. The van der Waals surface area contributed by atoms with Gasteiger partial charge in [-0.1, -0.05) is 16.8 Å². The van der Waals surface area contributed by atoms with Crippen molar-refractivity contribution >= 4 is 34.2 Å². The number of hydrogen-bond donors (Lipinski definition) is 1. The third kappa shape index (κ3) is 2.04. The van der Waals surface area contributed by atoms with Crippen molar-refractivity contribution in [1.82, 2.24) is 10.1 Å². The van der Waals surface area contributed by atoms with Gasteiger partial charge in [-0.15, -0.1) is 0 Å². The molecule has 0 spiro atoms. The molecule has 6 heteroatoms. The Balaban J connectivity index is 2.00. The van der Waals surface area contributed by atoms with Crippen LogP contribution in [-0.4, -0.2) is 10.1 Å². The Kier molecular flexibility index (Phi) is 3.07. The van der Waals surface area contributed by atoms with Gasteiger partial charge in [0.25, 0.3) is 5.89 Å². The fourth-order valence-electron chi connectivity index (χ4n) is 1.98. The number of nitrogens with two attached hydrogens (primary N) is 1. The highest BCUT2D eigenvalue weighted by Crippen LogP contribution is 2.38. The van der Waals surface area contributed by atoms with Gasteiger partial charge in [0, 0.05) is 3.57 Å². The van der Waals surface area contributed by atoms with Gasteiger partial charge in [-0.2, -0.15) is 4.98 Å². The average molecular weight is 376 g/mol. The van der Waals surface area contributed by atoms with Crippen LogP contribution in [0, 0.1) is 3.57 Å². The molecule has 1 saturated carbocycles. The lowest BCUT2D eigenvalue weighted by Crippen LogP contribution is -2.44. The molecule has 1 aromatic heterocycles. The molecule has 94 valence electrons. The van der Waals surface area contributed by atoms with Gasteiger partial charge in [0.1, 0.15) is 0 Å². The second kappa shape index (κ2) is 4.47. The van der Waals surface area contributed by atoms with E-state index in [2.05, 4.69) is 32.7 Å². The van der Waals surface area contributed by atoms with E-state index in [4.69, 9.17) is 21.9 Å². The number of halogens is 2. The number of aromatic nitrogens is 2. The molecule has 1 aliphatic rings. The summed E-state index contributed by atoms with van der Waals surface area (Å²) in [6.07, 6.45) is 2.93. The molecule has 1 aliphatic carbocycles. The summed E-state index contributed by atoms with van der Waals surface area (Å²) in [5.74, 6) is 1.02. The first kappa shape index (κ1) is 12.4. The average Bonchev–Trinajstić information content (AvgIpc) is 2.79. The van der Waals surface area contributed by atoms with Gasteiger partial charge in [0.05, 0.1) is 16.1 Å². The van der Waals surface area contributed by atoms with E-state index < -0.39 is 5.54 Å². The third-order valence-electron chi connectivity index (χ3n) is 3.28. The molecule has 2 N–H and O–H groups in total. The first-order valence-corrected chi connectivity index (χ1v) is 7.13. The summed E-state index contributed by atoms with van der Waals surface area (Å²) in [7, 11) is 0. The van der Waals surface area contributed by atoms with E-state index >= 15 is 0 Å². The highest BCUT2D eigenvalue weighted by atomic mass is 127. The zero-order valence-corrected chi connectivity index (χ0v) is 12.4. The SMILES string of the molecule is NC1(c2noc(-c3cc(I)ccc3Cl)n2)CCC1. The molecule has 3 rings (SSSR count). The van der Waals surface area contributed by atoms with Crippen LogP contribution in [0.25, 0.3) is 11.5 Å².